The van der Waals surface area contributed by atoms with E-state index in [-0.39, 0.29) is 10.6 Å². The van der Waals surface area contributed by atoms with Gasteiger partial charge in [0, 0.05) is 17.3 Å². The van der Waals surface area contributed by atoms with Crippen molar-refractivity contribution in [1.29, 1.82) is 5.26 Å². The first-order valence-electron chi connectivity index (χ1n) is 5.10. The fourth-order valence-corrected chi connectivity index (χ4v) is 1.87. The molecular formula is C13H8ClFN2O. The van der Waals surface area contributed by atoms with Crippen molar-refractivity contribution in [3.63, 3.8) is 0 Å². The Morgan fingerprint density at radius 1 is 1.39 bits per heavy atom. The Bertz CT molecular complexity index is 637. The summed E-state index contributed by atoms with van der Waals surface area (Å²) in [4.78, 5) is 3.75. The molecule has 18 heavy (non-hydrogen) atoms. The van der Waals surface area contributed by atoms with Gasteiger partial charge >= 0.3 is 0 Å². The molecule has 0 saturated carbocycles. The normalized spacial score (nSPS) is 10.1. The lowest BCUT2D eigenvalue weighted by atomic mass is 10.0. The van der Waals surface area contributed by atoms with Gasteiger partial charge in [0.25, 0.3) is 0 Å². The van der Waals surface area contributed by atoms with E-state index in [9.17, 15) is 9.50 Å². The van der Waals surface area contributed by atoms with Gasteiger partial charge in [-0.2, -0.15) is 5.26 Å². The molecule has 2 rings (SSSR count). The van der Waals surface area contributed by atoms with Crippen molar-refractivity contribution >= 4 is 11.6 Å². The van der Waals surface area contributed by atoms with Crippen LogP contribution in [0.1, 0.15) is 11.1 Å². The number of rotatable bonds is 2. The summed E-state index contributed by atoms with van der Waals surface area (Å²) in [6.45, 7) is -0.429. The van der Waals surface area contributed by atoms with Crippen molar-refractivity contribution < 1.29 is 9.50 Å². The molecule has 0 amide bonds. The van der Waals surface area contributed by atoms with Crippen LogP contribution in [0.5, 0.6) is 0 Å². The van der Waals surface area contributed by atoms with Crippen LogP contribution in [0, 0.1) is 17.1 Å². The highest BCUT2D eigenvalue weighted by atomic mass is 35.5. The number of nitrogens with zero attached hydrogens (tertiary/aromatic N) is 2. The van der Waals surface area contributed by atoms with E-state index in [1.807, 2.05) is 6.07 Å². The highest BCUT2D eigenvalue weighted by Crippen LogP contribution is 2.28. The lowest BCUT2D eigenvalue weighted by Gasteiger charge is -2.08. The quantitative estimate of drug-likeness (QED) is 0.905. The van der Waals surface area contributed by atoms with Crippen LogP contribution in [-0.4, -0.2) is 10.1 Å². The van der Waals surface area contributed by atoms with E-state index in [4.69, 9.17) is 16.9 Å². The van der Waals surface area contributed by atoms with E-state index in [1.165, 1.54) is 6.20 Å². The van der Waals surface area contributed by atoms with Gasteiger partial charge < -0.3 is 5.11 Å². The van der Waals surface area contributed by atoms with Crippen molar-refractivity contribution in [2.24, 2.45) is 0 Å². The summed E-state index contributed by atoms with van der Waals surface area (Å²) in [6, 6.07) is 6.68. The van der Waals surface area contributed by atoms with Crippen molar-refractivity contribution in [3.8, 4) is 17.2 Å². The monoisotopic (exact) mass is 262 g/mol. The summed E-state index contributed by atoms with van der Waals surface area (Å²) < 4.78 is 13.5. The highest BCUT2D eigenvalue weighted by Gasteiger charge is 2.11. The molecule has 0 atom stereocenters. The van der Waals surface area contributed by atoms with E-state index in [2.05, 4.69) is 4.98 Å². The SMILES string of the molecule is N#Cc1ccc(-c2cncc(F)c2CO)cc1Cl. The molecule has 3 nitrogen and oxygen atoms in total. The second-order valence-electron chi connectivity index (χ2n) is 3.61. The van der Waals surface area contributed by atoms with Crippen molar-refractivity contribution in [3.05, 3.63) is 52.6 Å². The van der Waals surface area contributed by atoms with Crippen LogP contribution < -0.4 is 0 Å². The molecule has 0 radical (unpaired) electrons. The van der Waals surface area contributed by atoms with Crippen LogP contribution in [0.3, 0.4) is 0 Å². The number of halogens is 2. The van der Waals surface area contributed by atoms with Gasteiger partial charge in [-0.3, -0.25) is 4.98 Å². The third kappa shape index (κ3) is 2.19. The fourth-order valence-electron chi connectivity index (χ4n) is 1.64. The molecule has 0 aliphatic heterocycles. The maximum absolute atomic E-state index is 13.5. The average molecular weight is 263 g/mol. The molecule has 1 aromatic heterocycles. The number of aliphatic hydroxyl groups is 1. The summed E-state index contributed by atoms with van der Waals surface area (Å²) in [5.41, 5.74) is 1.57. The smallest absolute Gasteiger partial charge is 0.147 e. The van der Waals surface area contributed by atoms with Crippen LogP contribution in [0.2, 0.25) is 5.02 Å². The topological polar surface area (TPSA) is 56.9 Å². The summed E-state index contributed by atoms with van der Waals surface area (Å²) >= 11 is 5.92. The van der Waals surface area contributed by atoms with Crippen molar-refractivity contribution in [1.82, 2.24) is 4.98 Å². The van der Waals surface area contributed by atoms with Gasteiger partial charge in [0.2, 0.25) is 0 Å². The summed E-state index contributed by atoms with van der Waals surface area (Å²) in [6.07, 6.45) is 2.49. The molecule has 0 saturated heterocycles. The minimum Gasteiger partial charge on any atom is -0.392 e. The van der Waals surface area contributed by atoms with Crippen molar-refractivity contribution in [2.75, 3.05) is 0 Å². The molecular weight excluding hydrogens is 255 g/mol. The summed E-state index contributed by atoms with van der Waals surface area (Å²) in [5.74, 6) is -0.574. The molecule has 0 bridgehead atoms. The minimum absolute atomic E-state index is 0.158. The predicted octanol–water partition coefficient (Wildman–Crippen LogP) is 2.91. The largest absolute Gasteiger partial charge is 0.392 e. The Kier molecular flexibility index (Phi) is 3.56. The van der Waals surface area contributed by atoms with E-state index < -0.39 is 12.4 Å². The molecule has 0 aliphatic rings. The molecule has 1 heterocycles. The zero-order chi connectivity index (χ0) is 13.1. The number of benzene rings is 1. The van der Waals surface area contributed by atoms with Crippen LogP contribution in [0.4, 0.5) is 4.39 Å². The molecule has 90 valence electrons. The first kappa shape index (κ1) is 12.5. The molecule has 0 unspecified atom stereocenters. The van der Waals surface area contributed by atoms with Gasteiger partial charge in [-0.1, -0.05) is 17.7 Å². The lowest BCUT2D eigenvalue weighted by Crippen LogP contribution is -1.96. The van der Waals surface area contributed by atoms with Crippen LogP contribution in [-0.2, 0) is 6.61 Å². The number of hydrogen-bond donors (Lipinski definition) is 1. The third-order valence-corrected chi connectivity index (χ3v) is 2.88. The number of aromatic nitrogens is 1. The van der Waals surface area contributed by atoms with Gasteiger partial charge in [0.15, 0.2) is 0 Å². The molecule has 0 fully saturated rings. The minimum atomic E-state index is -0.574. The van der Waals surface area contributed by atoms with Gasteiger partial charge in [0.05, 0.1) is 23.4 Å². The zero-order valence-corrected chi connectivity index (χ0v) is 9.95. The number of nitriles is 1. The van der Waals surface area contributed by atoms with Crippen LogP contribution >= 0.6 is 11.6 Å². The predicted molar refractivity (Wildman–Crippen MR) is 65.3 cm³/mol. The molecule has 1 aromatic carbocycles. The van der Waals surface area contributed by atoms with E-state index in [1.54, 1.807) is 18.2 Å². The first-order chi connectivity index (χ1) is 8.67. The zero-order valence-electron chi connectivity index (χ0n) is 9.19. The first-order valence-corrected chi connectivity index (χ1v) is 5.48. The van der Waals surface area contributed by atoms with E-state index in [0.717, 1.165) is 6.20 Å². The molecule has 2 aromatic rings. The Labute approximate surface area is 108 Å². The Morgan fingerprint density at radius 2 is 2.17 bits per heavy atom. The second kappa shape index (κ2) is 5.13. The number of aliphatic hydroxyl groups excluding tert-OH is 1. The standard InChI is InChI=1S/C13H8ClFN2O/c14-12-3-8(1-2-9(12)4-16)10-5-17-6-13(15)11(10)7-18/h1-3,5-6,18H,7H2. The van der Waals surface area contributed by atoms with Gasteiger partial charge in [-0.25, -0.2) is 4.39 Å². The van der Waals surface area contributed by atoms with Crippen LogP contribution in [0.25, 0.3) is 11.1 Å². The highest BCUT2D eigenvalue weighted by molar-refractivity contribution is 6.32. The van der Waals surface area contributed by atoms with Crippen molar-refractivity contribution in [2.45, 2.75) is 6.61 Å². The van der Waals surface area contributed by atoms with Gasteiger partial charge in [-0.05, 0) is 17.7 Å². The average Bonchev–Trinajstić information content (AvgIpc) is 2.38. The lowest BCUT2D eigenvalue weighted by molar-refractivity contribution is 0.276. The molecule has 5 heteroatoms. The van der Waals surface area contributed by atoms with Crippen LogP contribution in [0.15, 0.2) is 30.6 Å². The fraction of sp³-hybridized carbons (Fsp3) is 0.0769. The molecule has 0 spiro atoms. The Balaban J connectivity index is 2.60. The molecule has 0 aliphatic carbocycles. The van der Waals surface area contributed by atoms with Gasteiger partial charge in [-0.15, -0.1) is 0 Å². The number of pyridine rings is 1. The Morgan fingerprint density at radius 3 is 2.78 bits per heavy atom. The maximum atomic E-state index is 13.5. The van der Waals surface area contributed by atoms with E-state index >= 15 is 0 Å². The number of hydrogen-bond acceptors (Lipinski definition) is 3. The summed E-state index contributed by atoms with van der Waals surface area (Å²) in [7, 11) is 0. The second-order valence-corrected chi connectivity index (χ2v) is 4.02. The van der Waals surface area contributed by atoms with Gasteiger partial charge in [0.1, 0.15) is 11.9 Å². The van der Waals surface area contributed by atoms with E-state index in [0.29, 0.717) is 16.7 Å². The molecule has 1 N–H and O–H groups in total. The third-order valence-electron chi connectivity index (χ3n) is 2.56. The maximum Gasteiger partial charge on any atom is 0.147 e. The Hall–Kier alpha value is -1.96. The summed E-state index contributed by atoms with van der Waals surface area (Å²) in [5, 5.41) is 18.2.